The third-order valence-electron chi connectivity index (χ3n) is 4.19. The van der Waals surface area contributed by atoms with Gasteiger partial charge in [-0.3, -0.25) is 4.79 Å². The van der Waals surface area contributed by atoms with E-state index in [2.05, 4.69) is 5.32 Å². The number of nitrogens with one attached hydrogen (secondary N) is 1. The maximum Gasteiger partial charge on any atom is 0.408 e. The minimum absolute atomic E-state index is 0.0298. The molecule has 0 aliphatic carbocycles. The summed E-state index contributed by atoms with van der Waals surface area (Å²) in [5.74, 6) is -1.37. The molecule has 3 rings (SSSR count). The molecule has 2 aromatic carbocycles. The van der Waals surface area contributed by atoms with Crippen LogP contribution in [0.3, 0.4) is 0 Å². The van der Waals surface area contributed by atoms with E-state index in [-0.39, 0.29) is 13.2 Å². The highest BCUT2D eigenvalue weighted by atomic mass is 16.5. The molecule has 150 valence electrons. The van der Waals surface area contributed by atoms with Crippen LogP contribution >= 0.6 is 0 Å². The van der Waals surface area contributed by atoms with E-state index < -0.39 is 24.1 Å². The number of benzene rings is 2. The van der Waals surface area contributed by atoms with Crippen LogP contribution in [-0.4, -0.2) is 33.7 Å². The summed E-state index contributed by atoms with van der Waals surface area (Å²) in [4.78, 5) is 35.1. The fourth-order valence-corrected chi connectivity index (χ4v) is 2.89. The van der Waals surface area contributed by atoms with Crippen LogP contribution in [-0.2, 0) is 27.5 Å². The molecule has 0 saturated heterocycles. The zero-order valence-corrected chi connectivity index (χ0v) is 15.7. The van der Waals surface area contributed by atoms with Crippen LogP contribution in [0, 0.1) is 0 Å². The summed E-state index contributed by atoms with van der Waals surface area (Å²) >= 11 is 0. The Morgan fingerprint density at radius 1 is 1.07 bits per heavy atom. The number of carboxylic acid groups (broad SMARTS) is 1. The SMILES string of the molecule is CC(=O)Oc1cn(CC(NC(=O)OCc2ccccc2)C(=O)O)c2ccccc12. The van der Waals surface area contributed by atoms with Crippen molar-refractivity contribution in [1.82, 2.24) is 9.88 Å². The van der Waals surface area contributed by atoms with Crippen LogP contribution in [0.2, 0.25) is 0 Å². The van der Waals surface area contributed by atoms with Crippen molar-refractivity contribution in [2.24, 2.45) is 0 Å². The van der Waals surface area contributed by atoms with Crippen molar-refractivity contribution in [1.29, 1.82) is 0 Å². The largest absolute Gasteiger partial charge is 0.480 e. The lowest BCUT2D eigenvalue weighted by molar-refractivity contribution is -0.139. The molecule has 0 spiro atoms. The second-order valence-corrected chi connectivity index (χ2v) is 6.35. The number of carbonyl (C=O) groups is 3. The quantitative estimate of drug-likeness (QED) is 0.595. The number of aromatic nitrogens is 1. The first kappa shape index (κ1) is 19.9. The van der Waals surface area contributed by atoms with Crippen LogP contribution in [0.1, 0.15) is 12.5 Å². The number of hydrogen-bond acceptors (Lipinski definition) is 5. The molecule has 1 heterocycles. The van der Waals surface area contributed by atoms with Crippen LogP contribution < -0.4 is 10.1 Å². The van der Waals surface area contributed by atoms with E-state index >= 15 is 0 Å². The highest BCUT2D eigenvalue weighted by Crippen LogP contribution is 2.28. The summed E-state index contributed by atoms with van der Waals surface area (Å²) in [5, 5.41) is 12.5. The Morgan fingerprint density at radius 3 is 2.45 bits per heavy atom. The average molecular weight is 396 g/mol. The van der Waals surface area contributed by atoms with Gasteiger partial charge in [0.2, 0.25) is 0 Å². The molecule has 2 N–H and O–H groups in total. The minimum atomic E-state index is -1.24. The molecule has 8 heteroatoms. The molecule has 0 saturated carbocycles. The standard InChI is InChI=1S/C21H20N2O6/c1-14(24)29-19-12-23(18-10-6-5-9-16(18)19)11-17(20(25)26)22-21(27)28-13-15-7-3-2-4-8-15/h2-10,12,17H,11,13H2,1H3,(H,22,27)(H,25,26). The monoisotopic (exact) mass is 396 g/mol. The summed E-state index contributed by atoms with van der Waals surface area (Å²) in [6.07, 6.45) is 0.705. The zero-order chi connectivity index (χ0) is 20.8. The van der Waals surface area contributed by atoms with Gasteiger partial charge >= 0.3 is 18.0 Å². The van der Waals surface area contributed by atoms with Crippen molar-refractivity contribution in [3.63, 3.8) is 0 Å². The number of para-hydroxylation sites is 1. The average Bonchev–Trinajstić information content (AvgIpc) is 3.03. The number of aliphatic carboxylic acids is 1. The molecular weight excluding hydrogens is 376 g/mol. The Balaban J connectivity index is 1.73. The van der Waals surface area contributed by atoms with Crippen molar-refractivity contribution in [2.45, 2.75) is 26.1 Å². The molecule has 3 aromatic rings. The first-order valence-electron chi connectivity index (χ1n) is 8.90. The number of nitrogens with zero attached hydrogens (tertiary/aromatic N) is 1. The van der Waals surface area contributed by atoms with E-state index in [1.807, 2.05) is 18.2 Å². The van der Waals surface area contributed by atoms with E-state index in [9.17, 15) is 19.5 Å². The number of ether oxygens (including phenoxy) is 2. The third-order valence-corrected chi connectivity index (χ3v) is 4.19. The second kappa shape index (κ2) is 8.92. The maximum atomic E-state index is 12.1. The van der Waals surface area contributed by atoms with Crippen molar-refractivity contribution in [2.75, 3.05) is 0 Å². The van der Waals surface area contributed by atoms with Gasteiger partial charge in [0.15, 0.2) is 5.75 Å². The summed E-state index contributed by atoms with van der Waals surface area (Å²) in [6, 6.07) is 14.9. The van der Waals surface area contributed by atoms with Crippen LogP contribution in [0.15, 0.2) is 60.8 Å². The number of rotatable bonds is 7. The predicted molar refractivity (Wildman–Crippen MR) is 104 cm³/mol. The van der Waals surface area contributed by atoms with Gasteiger partial charge in [0.25, 0.3) is 0 Å². The van der Waals surface area contributed by atoms with Gasteiger partial charge in [-0.05, 0) is 17.7 Å². The van der Waals surface area contributed by atoms with Crippen molar-refractivity contribution in [3.05, 3.63) is 66.4 Å². The fourth-order valence-electron chi connectivity index (χ4n) is 2.89. The lowest BCUT2D eigenvalue weighted by atomic mass is 10.2. The maximum absolute atomic E-state index is 12.1. The molecule has 0 aliphatic heterocycles. The van der Waals surface area contributed by atoms with Crippen LogP contribution in [0.25, 0.3) is 10.9 Å². The van der Waals surface area contributed by atoms with Gasteiger partial charge in [0.05, 0.1) is 12.1 Å². The van der Waals surface area contributed by atoms with Gasteiger partial charge in [0, 0.05) is 18.5 Å². The van der Waals surface area contributed by atoms with E-state index in [1.54, 1.807) is 47.2 Å². The topological polar surface area (TPSA) is 107 Å². The number of carboxylic acids is 1. The molecule has 29 heavy (non-hydrogen) atoms. The molecule has 0 fully saturated rings. The highest BCUT2D eigenvalue weighted by Gasteiger charge is 2.23. The van der Waals surface area contributed by atoms with Crippen molar-refractivity contribution < 1.29 is 29.0 Å². The highest BCUT2D eigenvalue weighted by molar-refractivity contribution is 5.89. The van der Waals surface area contributed by atoms with E-state index in [0.717, 1.165) is 5.56 Å². The fraction of sp³-hybridized carbons (Fsp3) is 0.190. The summed E-state index contributed by atoms with van der Waals surface area (Å²) < 4.78 is 11.9. The van der Waals surface area contributed by atoms with Gasteiger partial charge in [-0.15, -0.1) is 0 Å². The molecule has 0 radical (unpaired) electrons. The number of amides is 1. The minimum Gasteiger partial charge on any atom is -0.480 e. The van der Waals surface area contributed by atoms with Crippen molar-refractivity contribution >= 4 is 28.9 Å². The van der Waals surface area contributed by atoms with Gasteiger partial charge in [-0.2, -0.15) is 0 Å². The zero-order valence-electron chi connectivity index (χ0n) is 15.7. The Labute approximate surface area is 166 Å². The molecule has 1 amide bonds. The Bertz CT molecular complexity index is 1030. The Kier molecular flexibility index (Phi) is 6.13. The third kappa shape index (κ3) is 5.13. The molecular formula is C21H20N2O6. The lowest BCUT2D eigenvalue weighted by Crippen LogP contribution is -2.43. The molecule has 0 aliphatic rings. The van der Waals surface area contributed by atoms with E-state index in [1.165, 1.54) is 6.92 Å². The number of carbonyl (C=O) groups excluding carboxylic acids is 2. The van der Waals surface area contributed by atoms with E-state index in [0.29, 0.717) is 16.7 Å². The number of esters is 1. The van der Waals surface area contributed by atoms with Crippen molar-refractivity contribution in [3.8, 4) is 5.75 Å². The normalized spacial score (nSPS) is 11.6. The van der Waals surface area contributed by atoms with Gasteiger partial charge in [-0.25, -0.2) is 9.59 Å². The van der Waals surface area contributed by atoms with Gasteiger partial charge in [-0.1, -0.05) is 42.5 Å². The first-order chi connectivity index (χ1) is 13.9. The molecule has 1 atom stereocenters. The second-order valence-electron chi connectivity index (χ2n) is 6.35. The Hall–Kier alpha value is -3.81. The molecule has 1 unspecified atom stereocenters. The summed E-state index contributed by atoms with van der Waals surface area (Å²) in [6.45, 7) is 1.25. The van der Waals surface area contributed by atoms with E-state index in [4.69, 9.17) is 9.47 Å². The lowest BCUT2D eigenvalue weighted by Gasteiger charge is -2.16. The van der Waals surface area contributed by atoms with Crippen LogP contribution in [0.5, 0.6) is 5.75 Å². The Morgan fingerprint density at radius 2 is 1.76 bits per heavy atom. The number of alkyl carbamates (subject to hydrolysis) is 1. The van der Waals surface area contributed by atoms with Crippen LogP contribution in [0.4, 0.5) is 4.79 Å². The number of fused-ring (bicyclic) bond motifs is 1. The molecule has 0 bridgehead atoms. The summed E-state index contributed by atoms with van der Waals surface area (Å²) in [7, 11) is 0. The van der Waals surface area contributed by atoms with Gasteiger partial charge in [0.1, 0.15) is 12.6 Å². The number of hydrogen-bond donors (Lipinski definition) is 2. The first-order valence-corrected chi connectivity index (χ1v) is 8.90. The smallest absolute Gasteiger partial charge is 0.408 e. The molecule has 1 aromatic heterocycles. The predicted octanol–water partition coefficient (Wildman–Crippen LogP) is 2.95. The summed E-state index contributed by atoms with van der Waals surface area (Å²) in [5.41, 5.74) is 1.46. The van der Waals surface area contributed by atoms with Gasteiger partial charge < -0.3 is 24.5 Å². The molecule has 8 nitrogen and oxygen atoms in total.